The first kappa shape index (κ1) is 24.8. The molecule has 11 heteroatoms. The molecule has 2 aromatic carbocycles. The Morgan fingerprint density at radius 3 is 2.60 bits per heavy atom. The molecule has 1 aliphatic rings. The average molecular weight is 504 g/mol. The maximum Gasteiger partial charge on any atom is 0.264 e. The van der Waals surface area contributed by atoms with Gasteiger partial charge in [-0.2, -0.15) is 0 Å². The van der Waals surface area contributed by atoms with Gasteiger partial charge in [-0.1, -0.05) is 0 Å². The SMILES string of the molecule is CN(c1ccc(F)cc1)S(=O)(=O)c1ccc2[nH]cc(C(=O)NCCC[NH+]3CCOCC3)c(=O)c2c1. The summed E-state index contributed by atoms with van der Waals surface area (Å²) in [4.78, 5) is 29.9. The number of aromatic amines is 1. The first-order valence-electron chi connectivity index (χ1n) is 11.4. The van der Waals surface area contributed by atoms with Gasteiger partial charge in [-0.3, -0.25) is 13.9 Å². The molecule has 9 nitrogen and oxygen atoms in total. The number of sulfonamides is 1. The number of morpholine rings is 1. The molecule has 1 aliphatic heterocycles. The molecule has 1 saturated heterocycles. The Bertz CT molecular complexity index is 1370. The number of quaternary nitrogens is 1. The fourth-order valence-electron chi connectivity index (χ4n) is 4.02. The third-order valence-electron chi connectivity index (χ3n) is 6.14. The minimum absolute atomic E-state index is 0.0855. The van der Waals surface area contributed by atoms with Crippen LogP contribution in [0.5, 0.6) is 0 Å². The molecule has 0 saturated carbocycles. The summed E-state index contributed by atoms with van der Waals surface area (Å²) in [7, 11) is -2.68. The average Bonchev–Trinajstić information content (AvgIpc) is 2.87. The van der Waals surface area contributed by atoms with E-state index in [4.69, 9.17) is 4.74 Å². The Labute approximate surface area is 202 Å². The monoisotopic (exact) mass is 503 g/mol. The van der Waals surface area contributed by atoms with Crippen molar-refractivity contribution in [3.8, 4) is 0 Å². The molecule has 1 amide bonds. The minimum atomic E-state index is -4.03. The molecule has 3 aromatic rings. The first-order chi connectivity index (χ1) is 16.8. The van der Waals surface area contributed by atoms with Gasteiger partial charge < -0.3 is 19.9 Å². The molecule has 1 fully saturated rings. The number of aromatic nitrogens is 1. The highest BCUT2D eigenvalue weighted by molar-refractivity contribution is 7.92. The number of halogens is 1. The predicted octanol–water partition coefficient (Wildman–Crippen LogP) is 0.527. The van der Waals surface area contributed by atoms with Crippen molar-refractivity contribution in [3.63, 3.8) is 0 Å². The number of rotatable bonds is 8. The zero-order valence-corrected chi connectivity index (χ0v) is 20.2. The lowest BCUT2D eigenvalue weighted by Gasteiger charge is -2.23. The smallest absolute Gasteiger partial charge is 0.264 e. The summed E-state index contributed by atoms with van der Waals surface area (Å²) in [6.45, 7) is 4.70. The summed E-state index contributed by atoms with van der Waals surface area (Å²) < 4.78 is 45.8. The maximum atomic E-state index is 13.2. The van der Waals surface area contributed by atoms with Gasteiger partial charge in [-0.25, -0.2) is 12.8 Å². The van der Waals surface area contributed by atoms with Crippen LogP contribution in [0.25, 0.3) is 10.9 Å². The number of nitrogens with one attached hydrogen (secondary N) is 3. The van der Waals surface area contributed by atoms with Crippen LogP contribution >= 0.6 is 0 Å². The minimum Gasteiger partial charge on any atom is -0.370 e. The number of ether oxygens (including phenoxy) is 1. The maximum absolute atomic E-state index is 13.2. The lowest BCUT2D eigenvalue weighted by molar-refractivity contribution is -0.908. The highest BCUT2D eigenvalue weighted by Crippen LogP contribution is 2.24. The number of amides is 1. The molecule has 0 radical (unpaired) electrons. The van der Waals surface area contributed by atoms with Gasteiger partial charge in [0, 0.05) is 37.1 Å². The van der Waals surface area contributed by atoms with Gasteiger partial charge >= 0.3 is 0 Å². The van der Waals surface area contributed by atoms with Crippen molar-refractivity contribution >= 4 is 32.5 Å². The number of hydrogen-bond donors (Lipinski definition) is 3. The van der Waals surface area contributed by atoms with Crippen LogP contribution in [-0.4, -0.2) is 65.7 Å². The zero-order chi connectivity index (χ0) is 25.0. The van der Waals surface area contributed by atoms with Crippen molar-refractivity contribution in [1.29, 1.82) is 0 Å². The van der Waals surface area contributed by atoms with Crippen LogP contribution in [0.2, 0.25) is 0 Å². The van der Waals surface area contributed by atoms with E-state index in [1.807, 2.05) is 0 Å². The van der Waals surface area contributed by atoms with E-state index in [0.29, 0.717) is 12.1 Å². The Morgan fingerprint density at radius 2 is 1.89 bits per heavy atom. The summed E-state index contributed by atoms with van der Waals surface area (Å²) in [5.74, 6) is -0.994. The number of hydrogen-bond acceptors (Lipinski definition) is 5. The quantitative estimate of drug-likeness (QED) is 0.388. The molecule has 186 valence electrons. The summed E-state index contributed by atoms with van der Waals surface area (Å²) in [6.07, 6.45) is 2.11. The van der Waals surface area contributed by atoms with Crippen molar-refractivity contribution in [2.75, 3.05) is 50.7 Å². The highest BCUT2D eigenvalue weighted by Gasteiger charge is 2.23. The van der Waals surface area contributed by atoms with Gasteiger partial charge in [-0.15, -0.1) is 0 Å². The Kier molecular flexibility index (Phi) is 7.48. The fraction of sp³-hybridized carbons (Fsp3) is 0.333. The lowest BCUT2D eigenvalue weighted by Crippen LogP contribution is -3.14. The fourth-order valence-corrected chi connectivity index (χ4v) is 5.24. The second-order valence-electron chi connectivity index (χ2n) is 8.41. The van der Waals surface area contributed by atoms with Gasteiger partial charge in [0.2, 0.25) is 5.43 Å². The molecular formula is C24H28FN4O5S+. The van der Waals surface area contributed by atoms with Crippen molar-refractivity contribution in [2.45, 2.75) is 11.3 Å². The van der Waals surface area contributed by atoms with Gasteiger partial charge in [0.1, 0.15) is 24.5 Å². The molecule has 3 N–H and O–H groups in total. The van der Waals surface area contributed by atoms with E-state index >= 15 is 0 Å². The van der Waals surface area contributed by atoms with E-state index in [1.54, 1.807) is 0 Å². The third kappa shape index (κ3) is 5.53. The van der Waals surface area contributed by atoms with Gasteiger partial charge in [0.05, 0.1) is 30.3 Å². The highest BCUT2D eigenvalue weighted by atomic mass is 32.2. The summed E-state index contributed by atoms with van der Waals surface area (Å²) in [5.41, 5.74) is 0.0347. The number of benzene rings is 2. The van der Waals surface area contributed by atoms with E-state index < -0.39 is 27.2 Å². The molecular weight excluding hydrogens is 475 g/mol. The van der Waals surface area contributed by atoms with Crippen LogP contribution in [0.4, 0.5) is 10.1 Å². The van der Waals surface area contributed by atoms with Crippen molar-refractivity contribution < 1.29 is 27.2 Å². The van der Waals surface area contributed by atoms with Crippen molar-refractivity contribution in [2.24, 2.45) is 0 Å². The standard InChI is InChI=1S/C24H27FN4O5S/c1-28(18-5-3-17(25)4-6-18)35(32,33)19-7-8-22-20(15-19)23(30)21(16-27-22)24(31)26-9-2-10-29-11-13-34-14-12-29/h3-8,15-16H,2,9-14H2,1H3,(H,26,31)(H,27,30)/p+1. The van der Waals surface area contributed by atoms with Crippen LogP contribution in [0.1, 0.15) is 16.8 Å². The number of carbonyl (C=O) groups is 1. The van der Waals surface area contributed by atoms with E-state index in [2.05, 4.69) is 10.3 Å². The van der Waals surface area contributed by atoms with E-state index in [1.165, 1.54) is 60.6 Å². The summed E-state index contributed by atoms with van der Waals surface area (Å²) in [5, 5.41) is 2.86. The van der Waals surface area contributed by atoms with Crippen molar-refractivity contribution in [1.82, 2.24) is 10.3 Å². The molecule has 35 heavy (non-hydrogen) atoms. The van der Waals surface area contributed by atoms with E-state index in [0.717, 1.165) is 43.6 Å². The Balaban J connectivity index is 1.51. The molecule has 2 heterocycles. The summed E-state index contributed by atoms with van der Waals surface area (Å²) >= 11 is 0. The number of fused-ring (bicyclic) bond motifs is 1. The van der Waals surface area contributed by atoms with Crippen LogP contribution in [-0.2, 0) is 14.8 Å². The predicted molar refractivity (Wildman–Crippen MR) is 130 cm³/mol. The molecule has 0 bridgehead atoms. The number of H-pyrrole nitrogens is 1. The first-order valence-corrected chi connectivity index (χ1v) is 12.8. The van der Waals surface area contributed by atoms with Gasteiger partial charge in [0.15, 0.2) is 0 Å². The molecule has 0 unspecified atom stereocenters. The largest absolute Gasteiger partial charge is 0.370 e. The number of anilines is 1. The molecule has 0 spiro atoms. The van der Waals surface area contributed by atoms with E-state index in [-0.39, 0.29) is 21.5 Å². The third-order valence-corrected chi connectivity index (χ3v) is 7.92. The molecule has 0 atom stereocenters. The number of nitrogens with zero attached hydrogens (tertiary/aromatic N) is 1. The normalized spacial score (nSPS) is 14.7. The van der Waals surface area contributed by atoms with Crippen LogP contribution < -0.4 is 20.0 Å². The van der Waals surface area contributed by atoms with Crippen LogP contribution in [0.15, 0.2) is 58.4 Å². The Hall–Kier alpha value is -3.28. The second kappa shape index (κ2) is 10.5. The molecule has 1 aromatic heterocycles. The van der Waals surface area contributed by atoms with Gasteiger partial charge in [0.25, 0.3) is 15.9 Å². The van der Waals surface area contributed by atoms with E-state index in [9.17, 15) is 22.4 Å². The molecule has 4 rings (SSSR count). The van der Waals surface area contributed by atoms with Crippen LogP contribution in [0, 0.1) is 5.82 Å². The Morgan fingerprint density at radius 1 is 1.17 bits per heavy atom. The van der Waals surface area contributed by atoms with Crippen molar-refractivity contribution in [3.05, 3.63) is 70.3 Å². The van der Waals surface area contributed by atoms with Crippen LogP contribution in [0.3, 0.4) is 0 Å². The number of pyridine rings is 1. The lowest BCUT2D eigenvalue weighted by atomic mass is 10.1. The molecule has 0 aliphatic carbocycles. The number of carbonyl (C=O) groups excluding carboxylic acids is 1. The summed E-state index contributed by atoms with van der Waals surface area (Å²) in [6, 6.07) is 9.14. The van der Waals surface area contributed by atoms with Gasteiger partial charge in [-0.05, 0) is 42.5 Å². The zero-order valence-electron chi connectivity index (χ0n) is 19.3. The second-order valence-corrected chi connectivity index (χ2v) is 10.4. The topological polar surface area (TPSA) is 113 Å².